The number of Topliss-reactive ketones (excluding diaryl/α,β-unsaturated/α-hetero) is 1. The summed E-state index contributed by atoms with van der Waals surface area (Å²) >= 11 is 0. The maximum Gasteiger partial charge on any atom is 0.135 e. The number of carbonyl (C=O) groups is 1. The van der Waals surface area contributed by atoms with Crippen molar-refractivity contribution in [1.29, 1.82) is 0 Å². The second-order valence-corrected chi connectivity index (χ2v) is 3.55. The highest BCUT2D eigenvalue weighted by molar-refractivity contribution is 5.79. The molecule has 0 N–H and O–H groups in total. The summed E-state index contributed by atoms with van der Waals surface area (Å²) in [6.07, 6.45) is 2.02. The summed E-state index contributed by atoms with van der Waals surface area (Å²) in [5.41, 5.74) is -0.109. The normalized spacial score (nSPS) is 31.5. The summed E-state index contributed by atoms with van der Waals surface area (Å²) < 4.78 is 5.25. The van der Waals surface area contributed by atoms with E-state index in [-0.39, 0.29) is 17.3 Å². The van der Waals surface area contributed by atoms with E-state index in [9.17, 15) is 4.79 Å². The maximum atomic E-state index is 11.1. The van der Waals surface area contributed by atoms with Crippen LogP contribution < -0.4 is 0 Å². The van der Waals surface area contributed by atoms with Crippen LogP contribution in [0.25, 0.3) is 0 Å². The summed E-state index contributed by atoms with van der Waals surface area (Å²) in [5.74, 6) is 0.402. The molecule has 1 fully saturated rings. The summed E-state index contributed by atoms with van der Waals surface area (Å²) in [7, 11) is 0. The van der Waals surface area contributed by atoms with E-state index in [1.54, 1.807) is 6.92 Å². The first-order valence-electron chi connectivity index (χ1n) is 4.24. The molecule has 1 aliphatic heterocycles. The van der Waals surface area contributed by atoms with Gasteiger partial charge in [-0.2, -0.15) is 0 Å². The summed E-state index contributed by atoms with van der Waals surface area (Å²) in [6, 6.07) is 0. The zero-order valence-corrected chi connectivity index (χ0v) is 7.52. The third-order valence-corrected chi connectivity index (χ3v) is 2.40. The quantitative estimate of drug-likeness (QED) is 0.581. The van der Waals surface area contributed by atoms with E-state index < -0.39 is 0 Å². The van der Waals surface area contributed by atoms with Crippen molar-refractivity contribution in [2.75, 3.05) is 6.61 Å². The van der Waals surface area contributed by atoms with Crippen molar-refractivity contribution in [3.05, 3.63) is 0 Å². The number of carbonyl (C=O) groups excluding carboxylic acids is 1. The molecule has 1 aliphatic rings. The van der Waals surface area contributed by atoms with E-state index in [4.69, 9.17) is 4.74 Å². The second kappa shape index (κ2) is 2.94. The molecule has 0 spiro atoms. The van der Waals surface area contributed by atoms with Crippen molar-refractivity contribution < 1.29 is 9.53 Å². The predicted octanol–water partition coefficient (Wildman–Crippen LogP) is 1.78. The van der Waals surface area contributed by atoms with E-state index in [0.717, 1.165) is 19.4 Å². The molecular weight excluding hydrogens is 140 g/mol. The molecule has 2 heteroatoms. The van der Waals surface area contributed by atoms with Crippen LogP contribution in [0.4, 0.5) is 0 Å². The van der Waals surface area contributed by atoms with Crippen LogP contribution in [0.5, 0.6) is 0 Å². The molecule has 0 amide bonds. The average molecular weight is 156 g/mol. The highest BCUT2D eigenvalue weighted by Crippen LogP contribution is 2.37. The number of rotatable bonds is 4. The van der Waals surface area contributed by atoms with Gasteiger partial charge in [-0.15, -0.1) is 0 Å². The minimum atomic E-state index is -0.109. The zero-order valence-electron chi connectivity index (χ0n) is 7.52. The van der Waals surface area contributed by atoms with E-state index in [0.29, 0.717) is 0 Å². The molecule has 0 bridgehead atoms. The molecule has 1 saturated heterocycles. The van der Waals surface area contributed by atoms with Gasteiger partial charge in [0.05, 0.1) is 12.2 Å². The van der Waals surface area contributed by atoms with Crippen molar-refractivity contribution in [2.24, 2.45) is 5.92 Å². The standard InChI is InChI=1S/C9H16O2/c1-4-5-8(7(2)10)9(3)6-11-9/h8H,4-6H2,1-3H3. The Morgan fingerprint density at radius 3 is 2.55 bits per heavy atom. The number of epoxide rings is 1. The van der Waals surface area contributed by atoms with Crippen LogP contribution in [0.2, 0.25) is 0 Å². The monoisotopic (exact) mass is 156 g/mol. The van der Waals surface area contributed by atoms with Gasteiger partial charge < -0.3 is 4.74 Å². The number of hydrogen-bond acceptors (Lipinski definition) is 2. The van der Waals surface area contributed by atoms with Crippen molar-refractivity contribution in [2.45, 2.75) is 39.2 Å². The Balaban J connectivity index is 2.52. The fourth-order valence-electron chi connectivity index (χ4n) is 1.54. The minimum Gasteiger partial charge on any atom is -0.369 e. The average Bonchev–Trinajstić information content (AvgIpc) is 2.63. The topological polar surface area (TPSA) is 29.6 Å². The van der Waals surface area contributed by atoms with Gasteiger partial charge in [0.15, 0.2) is 0 Å². The van der Waals surface area contributed by atoms with Gasteiger partial charge in [-0.3, -0.25) is 4.79 Å². The Morgan fingerprint density at radius 2 is 2.27 bits per heavy atom. The van der Waals surface area contributed by atoms with Crippen LogP contribution >= 0.6 is 0 Å². The van der Waals surface area contributed by atoms with E-state index >= 15 is 0 Å². The summed E-state index contributed by atoms with van der Waals surface area (Å²) in [5, 5.41) is 0. The van der Waals surface area contributed by atoms with Crippen molar-refractivity contribution in [1.82, 2.24) is 0 Å². The lowest BCUT2D eigenvalue weighted by Gasteiger charge is -2.16. The third kappa shape index (κ3) is 1.80. The van der Waals surface area contributed by atoms with Crippen LogP contribution in [0.1, 0.15) is 33.6 Å². The van der Waals surface area contributed by atoms with Crippen LogP contribution in [-0.2, 0) is 9.53 Å². The van der Waals surface area contributed by atoms with Gasteiger partial charge in [-0.05, 0) is 20.3 Å². The van der Waals surface area contributed by atoms with Crippen molar-refractivity contribution in [3.8, 4) is 0 Å². The summed E-state index contributed by atoms with van der Waals surface area (Å²) in [6.45, 7) is 6.54. The van der Waals surface area contributed by atoms with E-state index in [1.807, 2.05) is 6.92 Å². The number of ether oxygens (including phenoxy) is 1. The molecular formula is C9H16O2. The second-order valence-electron chi connectivity index (χ2n) is 3.55. The molecule has 2 unspecified atom stereocenters. The lowest BCUT2D eigenvalue weighted by Crippen LogP contribution is -2.26. The molecule has 2 nitrogen and oxygen atoms in total. The lowest BCUT2D eigenvalue weighted by molar-refractivity contribution is -0.122. The lowest BCUT2D eigenvalue weighted by atomic mass is 9.87. The molecule has 0 aromatic heterocycles. The number of ketones is 1. The smallest absolute Gasteiger partial charge is 0.135 e. The molecule has 0 saturated carbocycles. The van der Waals surface area contributed by atoms with Gasteiger partial charge in [0.25, 0.3) is 0 Å². The fraction of sp³-hybridized carbons (Fsp3) is 0.889. The van der Waals surface area contributed by atoms with Gasteiger partial charge >= 0.3 is 0 Å². The van der Waals surface area contributed by atoms with E-state index in [1.165, 1.54) is 0 Å². The molecule has 11 heavy (non-hydrogen) atoms. The Kier molecular flexibility index (Phi) is 2.33. The third-order valence-electron chi connectivity index (χ3n) is 2.40. The van der Waals surface area contributed by atoms with Gasteiger partial charge in [0.2, 0.25) is 0 Å². The van der Waals surface area contributed by atoms with Gasteiger partial charge in [0.1, 0.15) is 5.78 Å². The van der Waals surface area contributed by atoms with Crippen LogP contribution in [0, 0.1) is 5.92 Å². The Labute approximate surface area is 67.9 Å². The maximum absolute atomic E-state index is 11.1. The molecule has 0 aromatic rings. The van der Waals surface area contributed by atoms with Gasteiger partial charge in [-0.1, -0.05) is 13.3 Å². The SMILES string of the molecule is CCCC(C(C)=O)C1(C)CO1. The summed E-state index contributed by atoms with van der Waals surface area (Å²) in [4.78, 5) is 11.1. The van der Waals surface area contributed by atoms with Crippen LogP contribution in [-0.4, -0.2) is 18.0 Å². The molecule has 0 radical (unpaired) electrons. The molecule has 2 atom stereocenters. The Hall–Kier alpha value is -0.370. The highest BCUT2D eigenvalue weighted by atomic mass is 16.6. The first-order valence-corrected chi connectivity index (χ1v) is 4.24. The minimum absolute atomic E-state index is 0.109. The number of hydrogen-bond donors (Lipinski definition) is 0. The zero-order chi connectivity index (χ0) is 8.48. The Morgan fingerprint density at radius 1 is 1.73 bits per heavy atom. The molecule has 64 valence electrons. The van der Waals surface area contributed by atoms with E-state index in [2.05, 4.69) is 6.92 Å². The molecule has 0 aromatic carbocycles. The highest BCUT2D eigenvalue weighted by Gasteiger charge is 2.48. The van der Waals surface area contributed by atoms with Crippen molar-refractivity contribution >= 4 is 5.78 Å². The van der Waals surface area contributed by atoms with Crippen LogP contribution in [0.3, 0.4) is 0 Å². The van der Waals surface area contributed by atoms with Gasteiger partial charge in [0, 0.05) is 5.92 Å². The molecule has 1 rings (SSSR count). The van der Waals surface area contributed by atoms with Crippen molar-refractivity contribution in [3.63, 3.8) is 0 Å². The van der Waals surface area contributed by atoms with Gasteiger partial charge in [-0.25, -0.2) is 0 Å². The first kappa shape index (κ1) is 8.72. The molecule has 1 heterocycles. The fourth-order valence-corrected chi connectivity index (χ4v) is 1.54. The Bertz CT molecular complexity index is 159. The largest absolute Gasteiger partial charge is 0.369 e. The predicted molar refractivity (Wildman–Crippen MR) is 43.4 cm³/mol. The molecule has 0 aliphatic carbocycles. The van der Waals surface area contributed by atoms with Crippen LogP contribution in [0.15, 0.2) is 0 Å². The first-order chi connectivity index (χ1) is 5.10.